The molecule has 0 unspecified atom stereocenters. The summed E-state index contributed by atoms with van der Waals surface area (Å²) < 4.78 is 5.80. The largest absolute Gasteiger partial charge is 0.439 e. The molecule has 0 radical (unpaired) electrons. The second-order valence-electron chi connectivity index (χ2n) is 5.78. The Bertz CT molecular complexity index is 780. The first kappa shape index (κ1) is 13.4. The Morgan fingerprint density at radius 2 is 1.62 bits per heavy atom. The number of nitrogens with zero attached hydrogens (tertiary/aromatic N) is 4. The molecule has 5 heteroatoms. The summed E-state index contributed by atoms with van der Waals surface area (Å²) in [6.07, 6.45) is 5.04. The van der Waals surface area contributed by atoms with E-state index in [2.05, 4.69) is 40.7 Å². The molecule has 2 heterocycles. The van der Waals surface area contributed by atoms with E-state index in [1.54, 1.807) is 24.7 Å². The fourth-order valence-corrected chi connectivity index (χ4v) is 1.89. The third-order valence-corrected chi connectivity index (χ3v) is 2.96. The van der Waals surface area contributed by atoms with Crippen molar-refractivity contribution in [2.75, 3.05) is 0 Å². The normalized spacial score (nSPS) is 11.6. The zero-order valence-corrected chi connectivity index (χ0v) is 12.2. The predicted molar refractivity (Wildman–Crippen MR) is 80.3 cm³/mol. The van der Waals surface area contributed by atoms with Crippen LogP contribution >= 0.6 is 0 Å². The molecule has 106 valence electrons. The number of ether oxygens (including phenoxy) is 1. The smallest absolute Gasteiger partial charge is 0.222 e. The summed E-state index contributed by atoms with van der Waals surface area (Å²) in [4.78, 5) is 17.2. The van der Waals surface area contributed by atoms with Crippen LogP contribution in [-0.4, -0.2) is 19.9 Å². The fourth-order valence-electron chi connectivity index (χ4n) is 1.89. The Balaban J connectivity index is 1.91. The van der Waals surface area contributed by atoms with Crippen LogP contribution in [0.5, 0.6) is 11.6 Å². The highest BCUT2D eigenvalue weighted by molar-refractivity contribution is 5.75. The lowest BCUT2D eigenvalue weighted by Gasteiger charge is -2.16. The number of benzene rings is 1. The number of hydrogen-bond acceptors (Lipinski definition) is 5. The average Bonchev–Trinajstić information content (AvgIpc) is 2.46. The van der Waals surface area contributed by atoms with E-state index in [1.165, 1.54) is 0 Å². The van der Waals surface area contributed by atoms with Gasteiger partial charge in [-0.2, -0.15) is 4.98 Å². The first-order chi connectivity index (χ1) is 10.0. The topological polar surface area (TPSA) is 60.8 Å². The summed E-state index contributed by atoms with van der Waals surface area (Å²) in [7, 11) is 0. The predicted octanol–water partition coefficient (Wildman–Crippen LogP) is 3.51. The van der Waals surface area contributed by atoms with E-state index >= 15 is 0 Å². The van der Waals surface area contributed by atoms with Gasteiger partial charge in [0.2, 0.25) is 5.88 Å². The third kappa shape index (κ3) is 2.97. The van der Waals surface area contributed by atoms with Crippen molar-refractivity contribution in [3.8, 4) is 11.6 Å². The van der Waals surface area contributed by atoms with Crippen molar-refractivity contribution in [1.82, 2.24) is 19.9 Å². The molecule has 1 aromatic carbocycles. The van der Waals surface area contributed by atoms with Crippen LogP contribution in [0.1, 0.15) is 26.6 Å². The van der Waals surface area contributed by atoms with Gasteiger partial charge in [0, 0.05) is 36.1 Å². The van der Waals surface area contributed by atoms with Crippen LogP contribution in [-0.2, 0) is 5.41 Å². The van der Waals surface area contributed by atoms with Crippen LogP contribution < -0.4 is 4.74 Å². The Morgan fingerprint density at radius 1 is 0.857 bits per heavy atom. The first-order valence-corrected chi connectivity index (χ1v) is 6.74. The van der Waals surface area contributed by atoms with Gasteiger partial charge in [-0.05, 0) is 12.1 Å². The molecule has 0 atom stereocenters. The molecule has 0 aliphatic heterocycles. The molecule has 0 bridgehead atoms. The Hall–Kier alpha value is -2.56. The van der Waals surface area contributed by atoms with Crippen LogP contribution in [0, 0.1) is 0 Å². The van der Waals surface area contributed by atoms with E-state index in [0.29, 0.717) is 11.6 Å². The molecule has 0 aliphatic rings. The summed E-state index contributed by atoms with van der Waals surface area (Å²) in [5, 5.41) is 0. The van der Waals surface area contributed by atoms with Gasteiger partial charge in [0.05, 0.1) is 11.0 Å². The molecular weight excluding hydrogens is 264 g/mol. The molecule has 0 N–H and O–H groups in total. The monoisotopic (exact) mass is 280 g/mol. The van der Waals surface area contributed by atoms with Gasteiger partial charge in [-0.3, -0.25) is 9.97 Å². The maximum atomic E-state index is 5.80. The molecule has 3 aromatic rings. The van der Waals surface area contributed by atoms with Crippen LogP contribution in [0.3, 0.4) is 0 Å². The minimum atomic E-state index is -0.117. The van der Waals surface area contributed by atoms with Crippen LogP contribution in [0.15, 0.2) is 42.9 Å². The molecule has 0 fully saturated rings. The molecule has 0 spiro atoms. The van der Waals surface area contributed by atoms with Crippen molar-refractivity contribution >= 4 is 11.0 Å². The Labute approximate surface area is 123 Å². The SMILES string of the molecule is CC(C)(C)c1nccc(Oc2ccc3nccnc3c2)n1. The highest BCUT2D eigenvalue weighted by Gasteiger charge is 2.17. The zero-order valence-electron chi connectivity index (χ0n) is 12.2. The summed E-state index contributed by atoms with van der Waals surface area (Å²) in [6, 6.07) is 7.33. The summed E-state index contributed by atoms with van der Waals surface area (Å²) >= 11 is 0. The minimum Gasteiger partial charge on any atom is -0.439 e. The lowest BCUT2D eigenvalue weighted by atomic mass is 9.96. The van der Waals surface area contributed by atoms with Crippen molar-refractivity contribution in [3.63, 3.8) is 0 Å². The highest BCUT2D eigenvalue weighted by Crippen LogP contribution is 2.24. The lowest BCUT2D eigenvalue weighted by molar-refractivity contribution is 0.446. The van der Waals surface area contributed by atoms with E-state index < -0.39 is 0 Å². The maximum Gasteiger partial charge on any atom is 0.222 e. The average molecular weight is 280 g/mol. The van der Waals surface area contributed by atoms with Gasteiger partial charge in [-0.25, -0.2) is 4.98 Å². The number of rotatable bonds is 2. The summed E-state index contributed by atoms with van der Waals surface area (Å²) in [6.45, 7) is 6.20. The highest BCUT2D eigenvalue weighted by atomic mass is 16.5. The van der Waals surface area contributed by atoms with E-state index in [1.807, 2.05) is 18.2 Å². The molecular formula is C16H16N4O. The van der Waals surface area contributed by atoms with Gasteiger partial charge in [-0.15, -0.1) is 0 Å². The summed E-state index contributed by atoms with van der Waals surface area (Å²) in [5.74, 6) is 1.96. The van der Waals surface area contributed by atoms with Crippen LogP contribution in [0.2, 0.25) is 0 Å². The van der Waals surface area contributed by atoms with Crippen molar-refractivity contribution in [1.29, 1.82) is 0 Å². The van der Waals surface area contributed by atoms with Crippen molar-refractivity contribution in [3.05, 3.63) is 48.7 Å². The molecule has 0 saturated heterocycles. The maximum absolute atomic E-state index is 5.80. The molecule has 3 rings (SSSR count). The second-order valence-corrected chi connectivity index (χ2v) is 5.78. The van der Waals surface area contributed by atoms with E-state index in [9.17, 15) is 0 Å². The zero-order chi connectivity index (χ0) is 14.9. The molecule has 2 aromatic heterocycles. The minimum absolute atomic E-state index is 0.117. The molecule has 0 aliphatic carbocycles. The number of fused-ring (bicyclic) bond motifs is 1. The number of aromatic nitrogens is 4. The van der Waals surface area contributed by atoms with Crippen molar-refractivity contribution < 1.29 is 4.74 Å². The first-order valence-electron chi connectivity index (χ1n) is 6.74. The van der Waals surface area contributed by atoms with Gasteiger partial charge < -0.3 is 4.74 Å². The molecule has 21 heavy (non-hydrogen) atoms. The van der Waals surface area contributed by atoms with E-state index in [-0.39, 0.29) is 5.41 Å². The lowest BCUT2D eigenvalue weighted by Crippen LogP contribution is -2.15. The molecule has 0 amide bonds. The van der Waals surface area contributed by atoms with E-state index in [0.717, 1.165) is 16.9 Å². The van der Waals surface area contributed by atoms with Gasteiger partial charge >= 0.3 is 0 Å². The van der Waals surface area contributed by atoms with Gasteiger partial charge in [0.1, 0.15) is 11.6 Å². The molecule has 0 saturated carbocycles. The van der Waals surface area contributed by atoms with Gasteiger partial charge in [-0.1, -0.05) is 20.8 Å². The number of hydrogen-bond donors (Lipinski definition) is 0. The fraction of sp³-hybridized carbons (Fsp3) is 0.250. The van der Waals surface area contributed by atoms with Crippen molar-refractivity contribution in [2.45, 2.75) is 26.2 Å². The van der Waals surface area contributed by atoms with Crippen LogP contribution in [0.4, 0.5) is 0 Å². The van der Waals surface area contributed by atoms with Gasteiger partial charge in [0.25, 0.3) is 0 Å². The van der Waals surface area contributed by atoms with Gasteiger partial charge in [0.15, 0.2) is 0 Å². The summed E-state index contributed by atoms with van der Waals surface area (Å²) in [5.41, 5.74) is 1.51. The standard InChI is InChI=1S/C16H16N4O/c1-16(2,3)15-19-7-6-14(20-15)21-11-4-5-12-13(10-11)18-9-8-17-12/h4-10H,1-3H3. The van der Waals surface area contributed by atoms with Crippen LogP contribution in [0.25, 0.3) is 11.0 Å². The Kier molecular flexibility index (Phi) is 3.25. The second kappa shape index (κ2) is 5.09. The van der Waals surface area contributed by atoms with Crippen molar-refractivity contribution in [2.24, 2.45) is 0 Å². The van der Waals surface area contributed by atoms with E-state index in [4.69, 9.17) is 4.74 Å². The third-order valence-electron chi connectivity index (χ3n) is 2.96. The quantitative estimate of drug-likeness (QED) is 0.719. The Morgan fingerprint density at radius 3 is 2.38 bits per heavy atom. The molecule has 5 nitrogen and oxygen atoms in total.